The molecule has 0 aliphatic carbocycles. The highest BCUT2D eigenvalue weighted by Crippen LogP contribution is 2.53. The van der Waals surface area contributed by atoms with Crippen LogP contribution < -0.4 is 15.1 Å². The highest BCUT2D eigenvalue weighted by Gasteiger charge is 2.38. The van der Waals surface area contributed by atoms with Crippen molar-refractivity contribution in [1.29, 1.82) is 0 Å². The Balaban J connectivity index is 1.72. The molecular weight excluding hydrogens is 472 g/mol. The largest absolute Gasteiger partial charge is 0.504 e. The number of esters is 1. The molecular formula is C29H22N2O6. The number of benzene rings is 3. The summed E-state index contributed by atoms with van der Waals surface area (Å²) in [5.41, 5.74) is 1.96. The second kappa shape index (κ2) is 8.37. The predicted molar refractivity (Wildman–Crippen MR) is 139 cm³/mol. The lowest BCUT2D eigenvalue weighted by Gasteiger charge is -2.29. The molecule has 5 aromatic rings. The summed E-state index contributed by atoms with van der Waals surface area (Å²) in [5.74, 6) is -1.96. The zero-order valence-electron chi connectivity index (χ0n) is 20.1. The lowest BCUT2D eigenvalue weighted by atomic mass is 9.84. The van der Waals surface area contributed by atoms with Crippen molar-refractivity contribution in [3.05, 3.63) is 88.1 Å². The molecule has 0 bridgehead atoms. The second-order valence-corrected chi connectivity index (χ2v) is 9.20. The van der Waals surface area contributed by atoms with Crippen molar-refractivity contribution in [3.8, 4) is 28.6 Å². The summed E-state index contributed by atoms with van der Waals surface area (Å²) in [6.07, 6.45) is -0.0769. The van der Waals surface area contributed by atoms with Crippen LogP contribution >= 0.6 is 0 Å². The molecule has 8 heteroatoms. The molecule has 1 aliphatic heterocycles. The number of nitrogens with zero attached hydrogens (tertiary/aromatic N) is 2. The van der Waals surface area contributed by atoms with Gasteiger partial charge in [-0.05, 0) is 12.1 Å². The lowest BCUT2D eigenvalue weighted by molar-refractivity contribution is -0.135. The van der Waals surface area contributed by atoms with Crippen LogP contribution in [-0.2, 0) is 4.79 Å². The van der Waals surface area contributed by atoms with Gasteiger partial charge in [-0.1, -0.05) is 48.5 Å². The Bertz CT molecular complexity index is 1780. The van der Waals surface area contributed by atoms with Gasteiger partial charge < -0.3 is 24.3 Å². The third kappa shape index (κ3) is 3.57. The quantitative estimate of drug-likeness (QED) is 0.206. The van der Waals surface area contributed by atoms with Crippen LogP contribution in [0.15, 0.2) is 75.9 Å². The van der Waals surface area contributed by atoms with Crippen molar-refractivity contribution in [2.24, 2.45) is 0 Å². The zero-order chi connectivity index (χ0) is 25.8. The molecule has 0 saturated carbocycles. The van der Waals surface area contributed by atoms with Gasteiger partial charge in [-0.15, -0.1) is 0 Å². The van der Waals surface area contributed by atoms with Crippen molar-refractivity contribution >= 4 is 33.7 Å². The fourth-order valence-electron chi connectivity index (χ4n) is 4.96. The first kappa shape index (κ1) is 22.6. The maximum atomic E-state index is 13.2. The molecule has 3 heterocycles. The predicted octanol–water partition coefficient (Wildman–Crippen LogP) is 4.93. The average Bonchev–Trinajstić information content (AvgIpc) is 2.90. The third-order valence-electron chi connectivity index (χ3n) is 6.64. The summed E-state index contributed by atoms with van der Waals surface area (Å²) >= 11 is 0. The fraction of sp³-hybridized carbons (Fsp3) is 0.138. The van der Waals surface area contributed by atoms with Gasteiger partial charge >= 0.3 is 5.97 Å². The van der Waals surface area contributed by atoms with Crippen LogP contribution in [0.2, 0.25) is 0 Å². The number of pyridine rings is 1. The van der Waals surface area contributed by atoms with E-state index in [0.29, 0.717) is 22.5 Å². The molecule has 0 fully saturated rings. The number of carbonyl (C=O) groups is 1. The second-order valence-electron chi connectivity index (χ2n) is 9.20. The number of fused-ring (bicyclic) bond motifs is 4. The number of hydrogen-bond donors (Lipinski definition) is 2. The number of ether oxygens (including phenoxy) is 1. The Labute approximate surface area is 211 Å². The topological polar surface area (TPSA) is 113 Å². The lowest BCUT2D eigenvalue weighted by Crippen LogP contribution is -2.24. The Morgan fingerprint density at radius 1 is 0.946 bits per heavy atom. The third-order valence-corrected chi connectivity index (χ3v) is 6.64. The number of carbonyl (C=O) groups excluding carboxylic acids is 1. The summed E-state index contributed by atoms with van der Waals surface area (Å²) in [6.45, 7) is 0. The van der Waals surface area contributed by atoms with E-state index in [0.717, 1.165) is 10.9 Å². The number of anilines is 1. The van der Waals surface area contributed by atoms with Crippen LogP contribution in [0.3, 0.4) is 0 Å². The average molecular weight is 495 g/mol. The molecule has 2 N–H and O–H groups in total. The highest BCUT2D eigenvalue weighted by atomic mass is 16.5. The van der Waals surface area contributed by atoms with E-state index < -0.39 is 28.8 Å². The van der Waals surface area contributed by atoms with Gasteiger partial charge in [0.25, 0.3) is 0 Å². The van der Waals surface area contributed by atoms with E-state index in [1.165, 1.54) is 6.07 Å². The van der Waals surface area contributed by atoms with E-state index >= 15 is 0 Å². The normalized spacial score (nSPS) is 15.0. The molecule has 0 amide bonds. The van der Waals surface area contributed by atoms with Crippen molar-refractivity contribution in [2.75, 3.05) is 19.0 Å². The number of phenols is 2. The van der Waals surface area contributed by atoms with Crippen molar-refractivity contribution in [2.45, 2.75) is 12.3 Å². The molecule has 1 unspecified atom stereocenters. The van der Waals surface area contributed by atoms with E-state index in [1.807, 2.05) is 67.5 Å². The molecule has 0 radical (unpaired) electrons. The Kier molecular flexibility index (Phi) is 5.12. The van der Waals surface area contributed by atoms with E-state index in [9.17, 15) is 19.8 Å². The fourth-order valence-corrected chi connectivity index (χ4v) is 4.96. The van der Waals surface area contributed by atoms with Gasteiger partial charge in [-0.2, -0.15) is 0 Å². The SMILES string of the molecule is CN(C)c1nc2ccccc2cc1C1CC(=O)Oc2c(O)c(O)c3c(=O)cc(-c4ccccc4)oc3c21. The van der Waals surface area contributed by atoms with Crippen LogP contribution in [0.5, 0.6) is 17.2 Å². The van der Waals surface area contributed by atoms with E-state index in [2.05, 4.69) is 0 Å². The zero-order valence-corrected chi connectivity index (χ0v) is 20.1. The van der Waals surface area contributed by atoms with E-state index in [4.69, 9.17) is 14.1 Å². The number of aromatic hydroxyl groups is 2. The van der Waals surface area contributed by atoms with Crippen LogP contribution in [0.1, 0.15) is 23.5 Å². The van der Waals surface area contributed by atoms with E-state index in [1.54, 1.807) is 12.1 Å². The molecule has 1 aliphatic rings. The Morgan fingerprint density at radius 2 is 1.68 bits per heavy atom. The Hall–Kier alpha value is -4.85. The monoisotopic (exact) mass is 494 g/mol. The number of hydrogen-bond acceptors (Lipinski definition) is 8. The van der Waals surface area contributed by atoms with Gasteiger partial charge in [-0.3, -0.25) is 9.59 Å². The first-order valence-corrected chi connectivity index (χ1v) is 11.7. The number of rotatable bonds is 3. The van der Waals surface area contributed by atoms with Gasteiger partial charge in [0.05, 0.1) is 17.5 Å². The van der Waals surface area contributed by atoms with Crippen LogP contribution in [-0.4, -0.2) is 35.3 Å². The number of phenolic OH excluding ortho intramolecular Hbond substituents is 2. The van der Waals surface area contributed by atoms with Gasteiger partial charge in [0, 0.05) is 42.6 Å². The maximum Gasteiger partial charge on any atom is 0.312 e. The summed E-state index contributed by atoms with van der Waals surface area (Å²) < 4.78 is 11.7. The number of para-hydroxylation sites is 1. The molecule has 0 spiro atoms. The molecule has 2 aromatic heterocycles. The van der Waals surface area contributed by atoms with Gasteiger partial charge in [0.1, 0.15) is 22.5 Å². The van der Waals surface area contributed by atoms with Crippen molar-refractivity contribution in [3.63, 3.8) is 0 Å². The standard InChI is InChI=1S/C29H22N2O6/c1-31(2)29-18(12-16-10-6-7-11-19(16)30-29)17-13-22(33)37-28-23(17)27-24(25(34)26(28)35)20(32)14-21(36-27)15-8-4-3-5-9-15/h3-12,14,17,34-35H,13H2,1-2H3. The molecule has 6 rings (SSSR count). The summed E-state index contributed by atoms with van der Waals surface area (Å²) in [4.78, 5) is 32.7. The smallest absolute Gasteiger partial charge is 0.312 e. The van der Waals surface area contributed by atoms with Crippen molar-refractivity contribution in [1.82, 2.24) is 4.98 Å². The van der Waals surface area contributed by atoms with Gasteiger partial charge in [0.2, 0.25) is 5.75 Å². The molecule has 37 heavy (non-hydrogen) atoms. The molecule has 0 saturated heterocycles. The van der Waals surface area contributed by atoms with E-state index in [-0.39, 0.29) is 28.9 Å². The highest BCUT2D eigenvalue weighted by molar-refractivity contribution is 5.97. The van der Waals surface area contributed by atoms with Crippen LogP contribution in [0.25, 0.3) is 33.2 Å². The minimum Gasteiger partial charge on any atom is -0.504 e. The molecule has 184 valence electrons. The van der Waals surface area contributed by atoms with Crippen LogP contribution in [0.4, 0.5) is 5.82 Å². The minimum absolute atomic E-state index is 0.0482. The summed E-state index contributed by atoms with van der Waals surface area (Å²) in [7, 11) is 3.70. The summed E-state index contributed by atoms with van der Waals surface area (Å²) in [5, 5.41) is 22.3. The number of aromatic nitrogens is 1. The maximum absolute atomic E-state index is 13.2. The summed E-state index contributed by atoms with van der Waals surface area (Å²) in [6, 6.07) is 19.9. The molecule has 1 atom stereocenters. The molecule has 8 nitrogen and oxygen atoms in total. The first-order chi connectivity index (χ1) is 17.8. The molecule has 3 aromatic carbocycles. The van der Waals surface area contributed by atoms with Crippen LogP contribution in [0, 0.1) is 0 Å². The van der Waals surface area contributed by atoms with Gasteiger partial charge in [0.15, 0.2) is 16.9 Å². The minimum atomic E-state index is -0.694. The van der Waals surface area contributed by atoms with Crippen molar-refractivity contribution < 1.29 is 24.2 Å². The Morgan fingerprint density at radius 3 is 2.43 bits per heavy atom. The van der Waals surface area contributed by atoms with Gasteiger partial charge in [-0.25, -0.2) is 4.98 Å². The first-order valence-electron chi connectivity index (χ1n) is 11.7.